The number of carbonyl (C=O) groups excluding carboxylic acids is 1. The quantitative estimate of drug-likeness (QED) is 0.510. The first-order chi connectivity index (χ1) is 12.6. The molecule has 0 saturated carbocycles. The Balaban J connectivity index is 1.69. The second-order valence-corrected chi connectivity index (χ2v) is 7.00. The summed E-state index contributed by atoms with van der Waals surface area (Å²) in [4.78, 5) is 18.5. The summed E-state index contributed by atoms with van der Waals surface area (Å²) in [7, 11) is 3.45. The third-order valence-corrected chi connectivity index (χ3v) is 4.81. The maximum Gasteiger partial charge on any atom is 0.251 e. The number of nitrogens with one attached hydrogen (secondary N) is 3. The number of rotatable bonds is 7. The van der Waals surface area contributed by atoms with Crippen LogP contribution in [-0.2, 0) is 6.42 Å². The number of hydrogen-bond acceptors (Lipinski definition) is 3. The highest BCUT2D eigenvalue weighted by Gasteiger charge is 2.15. The Hall–Kier alpha value is -2.08. The van der Waals surface area contributed by atoms with Crippen molar-refractivity contribution in [2.45, 2.75) is 26.2 Å². The molecule has 6 nitrogen and oxygen atoms in total. The Labute approximate surface area is 157 Å². The Morgan fingerprint density at radius 2 is 2.12 bits per heavy atom. The van der Waals surface area contributed by atoms with Gasteiger partial charge in [0.05, 0.1) is 0 Å². The van der Waals surface area contributed by atoms with Gasteiger partial charge in [0, 0.05) is 45.8 Å². The number of benzene rings is 1. The first-order valence-electron chi connectivity index (χ1n) is 9.60. The molecule has 0 bridgehead atoms. The lowest BCUT2D eigenvalue weighted by Crippen LogP contribution is -2.44. The monoisotopic (exact) mass is 359 g/mol. The summed E-state index contributed by atoms with van der Waals surface area (Å²) >= 11 is 0. The number of hydrogen-bond donors (Lipinski definition) is 3. The van der Waals surface area contributed by atoms with Crippen LogP contribution in [0.4, 0.5) is 0 Å². The lowest BCUT2D eigenvalue weighted by molar-refractivity contribution is 0.0963. The summed E-state index contributed by atoms with van der Waals surface area (Å²) in [5, 5.41) is 9.39. The third-order valence-electron chi connectivity index (χ3n) is 4.81. The van der Waals surface area contributed by atoms with Crippen LogP contribution in [0.25, 0.3) is 0 Å². The highest BCUT2D eigenvalue weighted by atomic mass is 16.1. The second kappa shape index (κ2) is 10.8. The summed E-state index contributed by atoms with van der Waals surface area (Å²) < 4.78 is 0. The van der Waals surface area contributed by atoms with Crippen LogP contribution in [0.5, 0.6) is 0 Å². The average Bonchev–Trinajstić information content (AvgIpc) is 2.66. The minimum Gasteiger partial charge on any atom is -0.356 e. The fourth-order valence-electron chi connectivity index (χ4n) is 3.38. The second-order valence-electron chi connectivity index (χ2n) is 7.00. The number of amides is 1. The maximum atomic E-state index is 11.7. The zero-order chi connectivity index (χ0) is 18.8. The lowest BCUT2D eigenvalue weighted by atomic mass is 10.0. The first-order valence-corrected chi connectivity index (χ1v) is 9.60. The van der Waals surface area contributed by atoms with Crippen LogP contribution in [0.2, 0.25) is 0 Å². The SMILES string of the molecule is CN=C(NCCc1cccc(C(=O)NC)c1)NCCN1CCCC(C)C1. The van der Waals surface area contributed by atoms with Crippen LogP contribution in [0.15, 0.2) is 29.3 Å². The number of likely N-dealkylation sites (tertiary alicyclic amines) is 1. The molecule has 6 heteroatoms. The molecule has 1 aliphatic rings. The molecule has 1 fully saturated rings. The molecular weight excluding hydrogens is 326 g/mol. The van der Waals surface area contributed by atoms with Gasteiger partial charge in [-0.3, -0.25) is 9.79 Å². The molecule has 1 atom stereocenters. The van der Waals surface area contributed by atoms with Crippen molar-refractivity contribution < 1.29 is 4.79 Å². The van der Waals surface area contributed by atoms with Gasteiger partial charge in [-0.25, -0.2) is 0 Å². The van der Waals surface area contributed by atoms with Gasteiger partial charge in [0.25, 0.3) is 5.91 Å². The van der Waals surface area contributed by atoms with Gasteiger partial charge >= 0.3 is 0 Å². The van der Waals surface area contributed by atoms with Crippen LogP contribution in [0.1, 0.15) is 35.7 Å². The normalized spacial score (nSPS) is 18.4. The van der Waals surface area contributed by atoms with Crippen LogP contribution in [0, 0.1) is 5.92 Å². The minimum atomic E-state index is -0.0516. The standard InChI is InChI=1S/C20H33N5O/c1-16-6-5-12-25(15-16)13-11-24-20(22-3)23-10-9-17-7-4-8-18(14-17)19(26)21-2/h4,7-8,14,16H,5-6,9-13,15H2,1-3H3,(H,21,26)(H2,22,23,24). The van der Waals surface area contributed by atoms with E-state index in [2.05, 4.69) is 32.8 Å². The van der Waals surface area contributed by atoms with Crippen molar-refractivity contribution in [3.05, 3.63) is 35.4 Å². The van der Waals surface area contributed by atoms with Gasteiger partial charge in [-0.1, -0.05) is 19.1 Å². The summed E-state index contributed by atoms with van der Waals surface area (Å²) in [6.07, 6.45) is 3.51. The Kier molecular flexibility index (Phi) is 8.41. The van der Waals surface area contributed by atoms with E-state index in [0.717, 1.165) is 43.5 Å². The largest absolute Gasteiger partial charge is 0.356 e. The van der Waals surface area contributed by atoms with Crippen LogP contribution >= 0.6 is 0 Å². The van der Waals surface area contributed by atoms with Crippen molar-refractivity contribution in [2.24, 2.45) is 10.9 Å². The Morgan fingerprint density at radius 1 is 1.31 bits per heavy atom. The van der Waals surface area contributed by atoms with Gasteiger partial charge in [0.2, 0.25) is 0 Å². The summed E-state index contributed by atoms with van der Waals surface area (Å²) in [5.41, 5.74) is 1.83. The molecule has 1 amide bonds. The molecule has 0 spiro atoms. The van der Waals surface area contributed by atoms with E-state index in [9.17, 15) is 4.79 Å². The van der Waals surface area contributed by atoms with Gasteiger partial charge in [-0.05, 0) is 49.4 Å². The molecule has 3 N–H and O–H groups in total. The van der Waals surface area contributed by atoms with Gasteiger partial charge in [-0.15, -0.1) is 0 Å². The molecule has 1 aromatic rings. The number of nitrogens with zero attached hydrogens (tertiary/aromatic N) is 2. The predicted molar refractivity (Wildman–Crippen MR) is 108 cm³/mol. The van der Waals surface area contributed by atoms with Crippen molar-refractivity contribution in [3.63, 3.8) is 0 Å². The summed E-state index contributed by atoms with van der Waals surface area (Å²) in [6, 6.07) is 7.74. The van der Waals surface area contributed by atoms with E-state index in [-0.39, 0.29) is 5.91 Å². The van der Waals surface area contributed by atoms with E-state index in [4.69, 9.17) is 0 Å². The third kappa shape index (κ3) is 6.67. The molecule has 1 saturated heterocycles. The van der Waals surface area contributed by atoms with Crippen molar-refractivity contribution in [1.29, 1.82) is 0 Å². The van der Waals surface area contributed by atoms with Crippen molar-refractivity contribution in [3.8, 4) is 0 Å². The van der Waals surface area contributed by atoms with E-state index in [0.29, 0.717) is 5.56 Å². The highest BCUT2D eigenvalue weighted by molar-refractivity contribution is 5.94. The highest BCUT2D eigenvalue weighted by Crippen LogP contribution is 2.14. The van der Waals surface area contributed by atoms with Gasteiger partial charge < -0.3 is 20.9 Å². The zero-order valence-corrected chi connectivity index (χ0v) is 16.3. The van der Waals surface area contributed by atoms with E-state index in [1.807, 2.05) is 24.3 Å². The molecule has 0 aliphatic carbocycles. The van der Waals surface area contributed by atoms with Crippen molar-refractivity contribution in [1.82, 2.24) is 20.9 Å². The molecule has 1 aliphatic heterocycles. The van der Waals surface area contributed by atoms with Crippen molar-refractivity contribution >= 4 is 11.9 Å². The maximum absolute atomic E-state index is 11.7. The van der Waals surface area contributed by atoms with E-state index < -0.39 is 0 Å². The minimum absolute atomic E-state index is 0.0516. The number of piperidine rings is 1. The van der Waals surface area contributed by atoms with Gasteiger partial charge in [0.15, 0.2) is 5.96 Å². The number of carbonyl (C=O) groups is 1. The molecular formula is C20H33N5O. The Bertz CT molecular complexity index is 602. The van der Waals surface area contributed by atoms with Gasteiger partial charge in [-0.2, -0.15) is 0 Å². The molecule has 144 valence electrons. The van der Waals surface area contributed by atoms with Crippen LogP contribution in [0.3, 0.4) is 0 Å². The molecule has 26 heavy (non-hydrogen) atoms. The first kappa shape index (κ1) is 20.2. The predicted octanol–water partition coefficient (Wildman–Crippen LogP) is 1.49. The molecule has 0 radical (unpaired) electrons. The summed E-state index contributed by atoms with van der Waals surface area (Å²) in [6.45, 7) is 7.48. The van der Waals surface area contributed by atoms with E-state index in [1.165, 1.54) is 25.9 Å². The van der Waals surface area contributed by atoms with Crippen LogP contribution < -0.4 is 16.0 Å². The zero-order valence-electron chi connectivity index (χ0n) is 16.3. The lowest BCUT2D eigenvalue weighted by Gasteiger charge is -2.30. The van der Waals surface area contributed by atoms with Gasteiger partial charge in [0.1, 0.15) is 0 Å². The van der Waals surface area contributed by atoms with Crippen molar-refractivity contribution in [2.75, 3.05) is 46.8 Å². The molecule has 2 rings (SSSR count). The fourth-order valence-corrected chi connectivity index (χ4v) is 3.38. The fraction of sp³-hybridized carbons (Fsp3) is 0.600. The molecule has 1 unspecified atom stereocenters. The van der Waals surface area contributed by atoms with E-state index >= 15 is 0 Å². The molecule has 1 aromatic carbocycles. The van der Waals surface area contributed by atoms with E-state index in [1.54, 1.807) is 14.1 Å². The van der Waals surface area contributed by atoms with Crippen LogP contribution in [-0.4, -0.2) is 63.6 Å². The number of aliphatic imine (C=N–C) groups is 1. The molecule has 1 heterocycles. The number of guanidine groups is 1. The topological polar surface area (TPSA) is 68.8 Å². The average molecular weight is 360 g/mol. The Morgan fingerprint density at radius 3 is 2.85 bits per heavy atom. The smallest absolute Gasteiger partial charge is 0.251 e. The summed E-state index contributed by atoms with van der Waals surface area (Å²) in [5.74, 6) is 1.59. The molecule has 0 aromatic heterocycles.